The topological polar surface area (TPSA) is 91.7 Å². The van der Waals surface area contributed by atoms with Crippen molar-refractivity contribution in [1.29, 1.82) is 0 Å². The number of benzene rings is 1. The predicted molar refractivity (Wildman–Crippen MR) is 107 cm³/mol. The minimum absolute atomic E-state index is 0.0245. The van der Waals surface area contributed by atoms with Crippen LogP contribution in [0.25, 0.3) is 11.3 Å². The summed E-state index contributed by atoms with van der Waals surface area (Å²) in [5, 5.41) is 5.05. The van der Waals surface area contributed by atoms with Crippen LogP contribution in [0.1, 0.15) is 31.9 Å². The zero-order valence-electron chi connectivity index (χ0n) is 16.4. The Hall–Kier alpha value is -3.09. The molecule has 1 aromatic heterocycles. The van der Waals surface area contributed by atoms with E-state index >= 15 is 0 Å². The van der Waals surface area contributed by atoms with Gasteiger partial charge in [-0.15, -0.1) is 0 Å². The van der Waals surface area contributed by atoms with Gasteiger partial charge in [0.15, 0.2) is 0 Å². The Labute approximate surface area is 169 Å². The van der Waals surface area contributed by atoms with Crippen molar-refractivity contribution in [2.24, 2.45) is 5.92 Å². The van der Waals surface area contributed by atoms with E-state index in [1.165, 1.54) is 0 Å². The number of imide groups is 1. The molecule has 2 fully saturated rings. The second-order valence-electron chi connectivity index (χ2n) is 7.90. The van der Waals surface area contributed by atoms with E-state index in [9.17, 15) is 14.4 Å². The lowest BCUT2D eigenvalue weighted by Crippen LogP contribution is -2.54. The van der Waals surface area contributed by atoms with Crippen molar-refractivity contribution in [1.82, 2.24) is 15.5 Å². The minimum atomic E-state index is -0.881. The van der Waals surface area contributed by atoms with Gasteiger partial charge in [0.2, 0.25) is 5.91 Å². The van der Waals surface area contributed by atoms with Gasteiger partial charge >= 0.3 is 6.03 Å². The molecule has 152 valence electrons. The summed E-state index contributed by atoms with van der Waals surface area (Å²) in [4.78, 5) is 38.0. The van der Waals surface area contributed by atoms with E-state index in [2.05, 4.69) is 10.6 Å². The molecule has 2 aliphatic heterocycles. The largest absolute Gasteiger partial charge is 0.461 e. The maximum absolute atomic E-state index is 12.6. The molecule has 4 amide bonds. The Morgan fingerprint density at radius 3 is 2.52 bits per heavy atom. The smallest absolute Gasteiger partial charge is 0.322 e. The first-order valence-electron chi connectivity index (χ1n) is 10.0. The highest BCUT2D eigenvalue weighted by Gasteiger charge is 2.48. The molecule has 3 heterocycles. The van der Waals surface area contributed by atoms with Crippen molar-refractivity contribution in [2.75, 3.05) is 13.1 Å². The lowest BCUT2D eigenvalue weighted by Gasteiger charge is -2.38. The molecule has 2 saturated heterocycles. The lowest BCUT2D eigenvalue weighted by atomic mass is 9.79. The van der Waals surface area contributed by atoms with Gasteiger partial charge < -0.3 is 14.6 Å². The fourth-order valence-electron chi connectivity index (χ4n) is 4.21. The number of hydrogen-bond donors (Lipinski definition) is 2. The van der Waals surface area contributed by atoms with Gasteiger partial charge in [0.1, 0.15) is 17.1 Å². The van der Waals surface area contributed by atoms with Gasteiger partial charge in [-0.1, -0.05) is 30.3 Å². The number of aryl methyl sites for hydroxylation is 1. The fraction of sp³-hybridized carbons (Fsp3) is 0.409. The number of furan rings is 1. The number of carbonyl (C=O) groups is 3. The molecule has 0 aliphatic carbocycles. The third kappa shape index (κ3) is 3.90. The summed E-state index contributed by atoms with van der Waals surface area (Å²) in [5.41, 5.74) is 0.137. The van der Waals surface area contributed by atoms with E-state index in [4.69, 9.17) is 4.42 Å². The van der Waals surface area contributed by atoms with Gasteiger partial charge in [-0.05, 0) is 37.8 Å². The Kier molecular flexibility index (Phi) is 5.13. The number of piperidine rings is 1. The quantitative estimate of drug-likeness (QED) is 0.762. The van der Waals surface area contributed by atoms with Crippen molar-refractivity contribution < 1.29 is 18.8 Å². The molecule has 0 radical (unpaired) electrons. The van der Waals surface area contributed by atoms with Crippen LogP contribution >= 0.6 is 0 Å². The normalized spacial score (nSPS) is 22.4. The molecular formula is C22H25N3O4. The second kappa shape index (κ2) is 7.73. The van der Waals surface area contributed by atoms with Gasteiger partial charge in [-0.3, -0.25) is 14.9 Å². The van der Waals surface area contributed by atoms with E-state index in [1.54, 1.807) is 6.92 Å². The molecule has 0 spiro atoms. The number of carbonyl (C=O) groups excluding carboxylic acids is 3. The maximum Gasteiger partial charge on any atom is 0.322 e. The monoisotopic (exact) mass is 395 g/mol. The van der Waals surface area contributed by atoms with Crippen molar-refractivity contribution in [3.63, 3.8) is 0 Å². The van der Waals surface area contributed by atoms with Crippen molar-refractivity contribution in [3.8, 4) is 11.3 Å². The number of rotatable bonds is 5. The molecule has 1 atom stereocenters. The third-order valence-electron chi connectivity index (χ3n) is 6.04. The SMILES string of the molecule is C[C@]1(C2CCN(C(=O)CCc3ccc(-c4ccccc4)o3)CC2)NC(=O)NC1=O. The predicted octanol–water partition coefficient (Wildman–Crippen LogP) is 2.72. The third-order valence-corrected chi connectivity index (χ3v) is 6.04. The molecule has 4 rings (SSSR count). The first-order valence-corrected chi connectivity index (χ1v) is 10.0. The Morgan fingerprint density at radius 1 is 1.14 bits per heavy atom. The van der Waals surface area contributed by atoms with E-state index in [1.807, 2.05) is 47.4 Å². The average Bonchev–Trinajstić information content (AvgIpc) is 3.31. The van der Waals surface area contributed by atoms with Crippen LogP contribution in [0, 0.1) is 5.92 Å². The second-order valence-corrected chi connectivity index (χ2v) is 7.90. The van der Waals surface area contributed by atoms with Crippen LogP contribution in [0.3, 0.4) is 0 Å². The molecule has 7 nitrogen and oxygen atoms in total. The van der Waals surface area contributed by atoms with Crippen LogP contribution in [-0.4, -0.2) is 41.4 Å². The highest BCUT2D eigenvalue weighted by Crippen LogP contribution is 2.31. The summed E-state index contributed by atoms with van der Waals surface area (Å²) in [6, 6.07) is 13.3. The number of urea groups is 1. The van der Waals surface area contributed by atoms with Crippen LogP contribution < -0.4 is 10.6 Å². The van der Waals surface area contributed by atoms with Crippen LogP contribution in [0.5, 0.6) is 0 Å². The summed E-state index contributed by atoms with van der Waals surface area (Å²) in [6.45, 7) is 2.95. The van der Waals surface area contributed by atoms with Crippen molar-refractivity contribution in [3.05, 3.63) is 48.2 Å². The number of hydrogen-bond acceptors (Lipinski definition) is 4. The molecule has 7 heteroatoms. The Morgan fingerprint density at radius 2 is 1.86 bits per heavy atom. The zero-order chi connectivity index (χ0) is 20.4. The average molecular weight is 395 g/mol. The molecule has 0 saturated carbocycles. The number of amides is 4. The van der Waals surface area contributed by atoms with Crippen LogP contribution in [0.2, 0.25) is 0 Å². The standard InChI is InChI=1S/C22H25N3O4/c1-22(20(27)23-21(28)24-22)16-11-13-25(14-12-16)19(26)10-8-17-7-9-18(29-17)15-5-3-2-4-6-15/h2-7,9,16H,8,10-14H2,1H3,(H2,23,24,27,28)/t22-/m1/s1. The van der Waals surface area contributed by atoms with Gasteiger partial charge in [0.05, 0.1) is 0 Å². The van der Waals surface area contributed by atoms with Crippen LogP contribution in [0.15, 0.2) is 46.9 Å². The number of likely N-dealkylation sites (tertiary alicyclic amines) is 1. The van der Waals surface area contributed by atoms with Gasteiger partial charge in [-0.25, -0.2) is 4.79 Å². The fourth-order valence-corrected chi connectivity index (χ4v) is 4.21. The number of nitrogens with one attached hydrogen (secondary N) is 2. The number of nitrogens with zero attached hydrogens (tertiary/aromatic N) is 1. The van der Waals surface area contributed by atoms with Crippen molar-refractivity contribution in [2.45, 2.75) is 38.1 Å². The first-order chi connectivity index (χ1) is 14.0. The highest BCUT2D eigenvalue weighted by molar-refractivity contribution is 6.07. The Balaban J connectivity index is 1.28. The van der Waals surface area contributed by atoms with Crippen LogP contribution in [-0.2, 0) is 16.0 Å². The molecule has 0 unspecified atom stereocenters. The molecule has 1 aromatic carbocycles. The molecule has 2 aromatic rings. The van der Waals surface area contributed by atoms with E-state index in [0.29, 0.717) is 38.8 Å². The first kappa shape index (κ1) is 19.2. The van der Waals surface area contributed by atoms with Gasteiger partial charge in [0.25, 0.3) is 5.91 Å². The molecule has 2 aliphatic rings. The minimum Gasteiger partial charge on any atom is -0.461 e. The van der Waals surface area contributed by atoms with E-state index < -0.39 is 11.6 Å². The zero-order valence-corrected chi connectivity index (χ0v) is 16.4. The Bertz CT molecular complexity index is 915. The summed E-state index contributed by atoms with van der Waals surface area (Å²) < 4.78 is 5.87. The molecule has 2 N–H and O–H groups in total. The van der Waals surface area contributed by atoms with Gasteiger partial charge in [0, 0.05) is 31.5 Å². The van der Waals surface area contributed by atoms with E-state index in [-0.39, 0.29) is 17.7 Å². The molecule has 0 bridgehead atoms. The summed E-state index contributed by atoms with van der Waals surface area (Å²) in [6.07, 6.45) is 2.33. The molecule has 29 heavy (non-hydrogen) atoms. The summed E-state index contributed by atoms with van der Waals surface area (Å²) in [5.74, 6) is 1.44. The highest BCUT2D eigenvalue weighted by atomic mass is 16.3. The maximum atomic E-state index is 12.6. The van der Waals surface area contributed by atoms with Crippen LogP contribution in [0.4, 0.5) is 4.79 Å². The summed E-state index contributed by atoms with van der Waals surface area (Å²) in [7, 11) is 0. The lowest BCUT2D eigenvalue weighted by molar-refractivity contribution is -0.133. The molecular weight excluding hydrogens is 370 g/mol. The van der Waals surface area contributed by atoms with Crippen molar-refractivity contribution >= 4 is 17.8 Å². The van der Waals surface area contributed by atoms with E-state index in [0.717, 1.165) is 17.1 Å². The van der Waals surface area contributed by atoms with Gasteiger partial charge in [-0.2, -0.15) is 0 Å². The summed E-state index contributed by atoms with van der Waals surface area (Å²) >= 11 is 0.